The Hall–Kier alpha value is -5.75. The molecule has 2 fully saturated rings. The molecule has 5 aromatic rings. The fraction of sp³-hybridized carbons (Fsp3) is 0.386. The number of carbonyl (C=O) groups excluding carboxylic acids is 3. The normalized spacial score (nSPS) is 17.9. The van der Waals surface area contributed by atoms with Gasteiger partial charge in [-0.25, -0.2) is 14.8 Å². The first-order valence-electron chi connectivity index (χ1n) is 19.9. The molecule has 3 aromatic carbocycles. The van der Waals surface area contributed by atoms with Crippen molar-refractivity contribution < 1.29 is 19.1 Å². The minimum Gasteiger partial charge on any atom is -0.446 e. The summed E-state index contributed by atoms with van der Waals surface area (Å²) in [4.78, 5) is 61.4. The van der Waals surface area contributed by atoms with Crippen LogP contribution in [0.5, 0.6) is 0 Å². The number of imidazole rings is 2. The Labute approximate surface area is 328 Å². The molecule has 56 heavy (non-hydrogen) atoms. The second-order valence-corrected chi connectivity index (χ2v) is 14.7. The third-order valence-corrected chi connectivity index (χ3v) is 11.2. The van der Waals surface area contributed by atoms with E-state index in [0.717, 1.165) is 96.2 Å². The van der Waals surface area contributed by atoms with Crippen LogP contribution in [0.1, 0.15) is 88.2 Å². The Morgan fingerprint density at radius 2 is 1.27 bits per heavy atom. The largest absolute Gasteiger partial charge is 0.446 e. The van der Waals surface area contributed by atoms with Gasteiger partial charge in [0.15, 0.2) is 0 Å². The molecule has 0 bridgehead atoms. The number of nitrogens with one attached hydrogen (secondary N) is 3. The highest BCUT2D eigenvalue weighted by Gasteiger charge is 2.38. The van der Waals surface area contributed by atoms with Gasteiger partial charge in [0.2, 0.25) is 11.8 Å². The van der Waals surface area contributed by atoms with Gasteiger partial charge in [-0.2, -0.15) is 0 Å². The van der Waals surface area contributed by atoms with Crippen LogP contribution >= 0.6 is 0 Å². The lowest BCUT2D eigenvalue weighted by Crippen LogP contribution is -2.43. The van der Waals surface area contributed by atoms with Gasteiger partial charge in [-0.3, -0.25) is 14.5 Å². The summed E-state index contributed by atoms with van der Waals surface area (Å²) in [6.07, 6.45) is 6.29. The van der Waals surface area contributed by atoms with Crippen LogP contribution < -0.4 is 5.32 Å². The van der Waals surface area contributed by atoms with Crippen LogP contribution in [0.3, 0.4) is 0 Å². The summed E-state index contributed by atoms with van der Waals surface area (Å²) in [5, 5.41) is 2.42. The molecule has 4 heterocycles. The van der Waals surface area contributed by atoms with Crippen molar-refractivity contribution in [2.45, 2.75) is 77.1 Å². The molecule has 0 unspecified atom stereocenters. The lowest BCUT2D eigenvalue weighted by molar-refractivity contribution is -0.138. The lowest BCUT2D eigenvalue weighted by Gasteiger charge is -2.34. The highest BCUT2D eigenvalue weighted by atomic mass is 16.6. The van der Waals surface area contributed by atoms with E-state index < -0.39 is 12.2 Å². The molecule has 3 N–H and O–H groups in total. The van der Waals surface area contributed by atoms with Gasteiger partial charge in [-0.15, -0.1) is 0 Å². The number of hydrogen-bond acceptors (Lipinski definition) is 7. The molecule has 7 rings (SSSR count). The highest BCUT2D eigenvalue weighted by Crippen LogP contribution is 2.36. The van der Waals surface area contributed by atoms with Gasteiger partial charge < -0.3 is 29.8 Å². The third kappa shape index (κ3) is 8.25. The maximum absolute atomic E-state index is 14.2. The number of likely N-dealkylation sites (tertiary alicyclic amines) is 2. The zero-order valence-electron chi connectivity index (χ0n) is 32.7. The zero-order valence-corrected chi connectivity index (χ0v) is 32.7. The summed E-state index contributed by atoms with van der Waals surface area (Å²) in [6, 6.07) is 26.4. The third-order valence-electron chi connectivity index (χ3n) is 11.2. The van der Waals surface area contributed by atoms with Crippen molar-refractivity contribution in [3.05, 3.63) is 108 Å². The molecule has 0 saturated carbocycles. The number of amides is 3. The van der Waals surface area contributed by atoms with Crippen LogP contribution in [0.4, 0.5) is 4.79 Å². The second-order valence-electron chi connectivity index (χ2n) is 14.7. The van der Waals surface area contributed by atoms with Gasteiger partial charge in [0, 0.05) is 20.1 Å². The number of alkyl carbamates (subject to hydrolysis) is 1. The Balaban J connectivity index is 0.996. The first kappa shape index (κ1) is 38.5. The number of benzene rings is 3. The van der Waals surface area contributed by atoms with Crippen LogP contribution in [-0.4, -0.2) is 91.9 Å². The van der Waals surface area contributed by atoms with E-state index in [2.05, 4.69) is 99.7 Å². The zero-order chi connectivity index (χ0) is 39.2. The fourth-order valence-electron chi connectivity index (χ4n) is 8.19. The molecule has 292 valence electrons. The number of nitrogens with zero attached hydrogens (tertiary/aromatic N) is 5. The molecular formula is C44H52N8O4. The number of likely N-dealkylation sites (N-methyl/N-ethyl adjacent to an activating group) is 1. The standard InChI is InChI=1S/C44H52N8O4/c1-5-50(6-2)40(34-12-8-7-9-13-34)43(54)52-25-11-15-38(52)42-47-28-36(49-42)33-22-18-31(19-23-33)30-16-20-32(21-17-30)35-27-46-41(48-35)37-14-10-24-51(37)39(53)26-29(3)56-44(55)45-4/h7-9,12-13,16-23,27-29,37-38,40H,5-6,10-11,14-15,24-26H2,1-4H3,(H,45,55)(H,46,48)(H,47,49)/t29-,37-,38-,40+/m0/s1. The van der Waals surface area contributed by atoms with Crippen molar-refractivity contribution >= 4 is 17.9 Å². The van der Waals surface area contributed by atoms with Gasteiger partial charge in [-0.1, -0.05) is 92.7 Å². The minimum atomic E-state index is -0.545. The van der Waals surface area contributed by atoms with Crippen LogP contribution in [0, 0.1) is 0 Å². The van der Waals surface area contributed by atoms with Gasteiger partial charge in [-0.05, 0) is 73.5 Å². The van der Waals surface area contributed by atoms with Crippen LogP contribution in [0.25, 0.3) is 33.6 Å². The number of aromatic nitrogens is 4. The Morgan fingerprint density at radius 3 is 1.79 bits per heavy atom. The van der Waals surface area contributed by atoms with E-state index in [4.69, 9.17) is 9.72 Å². The molecular weight excluding hydrogens is 705 g/mol. The molecule has 12 nitrogen and oxygen atoms in total. The summed E-state index contributed by atoms with van der Waals surface area (Å²) in [6.45, 7) is 8.90. The first-order chi connectivity index (χ1) is 27.3. The van der Waals surface area contributed by atoms with E-state index >= 15 is 0 Å². The van der Waals surface area contributed by atoms with Crippen molar-refractivity contribution in [1.29, 1.82) is 0 Å². The number of rotatable bonds is 13. The van der Waals surface area contributed by atoms with E-state index in [1.807, 2.05) is 40.4 Å². The molecule has 4 atom stereocenters. The first-order valence-corrected chi connectivity index (χ1v) is 19.9. The Kier molecular flexibility index (Phi) is 11.9. The lowest BCUT2D eigenvalue weighted by atomic mass is 10.0. The number of H-pyrrole nitrogens is 2. The smallest absolute Gasteiger partial charge is 0.407 e. The van der Waals surface area contributed by atoms with Crippen molar-refractivity contribution in [2.75, 3.05) is 33.2 Å². The molecule has 3 amide bonds. The van der Waals surface area contributed by atoms with Gasteiger partial charge in [0.1, 0.15) is 23.8 Å². The molecule has 2 saturated heterocycles. The van der Waals surface area contributed by atoms with E-state index in [1.165, 1.54) is 7.05 Å². The average molecular weight is 757 g/mol. The Morgan fingerprint density at radius 1 is 0.768 bits per heavy atom. The quantitative estimate of drug-likeness (QED) is 0.112. The SMILES string of the molecule is CCN(CC)[C@@H](C(=O)N1CCC[C@H]1c1ncc(-c2ccc(-c3ccc(-c4cnc([C@@H]5CCCN5C(=O)C[C@H](C)OC(=O)NC)[nH]4)cc3)cc2)[nH]1)c1ccccc1. The second kappa shape index (κ2) is 17.4. The highest BCUT2D eigenvalue weighted by molar-refractivity contribution is 5.84. The van der Waals surface area contributed by atoms with Crippen molar-refractivity contribution in [1.82, 2.24) is 40.0 Å². The molecule has 2 aliphatic rings. The summed E-state index contributed by atoms with van der Waals surface area (Å²) < 4.78 is 5.22. The number of aromatic amines is 2. The van der Waals surface area contributed by atoms with Gasteiger partial charge in [0.25, 0.3) is 0 Å². The average Bonchev–Trinajstić information content (AvgIpc) is 4.07. The molecule has 2 aromatic heterocycles. The predicted molar refractivity (Wildman–Crippen MR) is 216 cm³/mol. The number of ether oxygens (including phenoxy) is 1. The maximum Gasteiger partial charge on any atom is 0.407 e. The topological polar surface area (TPSA) is 140 Å². The molecule has 0 aliphatic carbocycles. The molecule has 0 spiro atoms. The predicted octanol–water partition coefficient (Wildman–Crippen LogP) is 7.68. The van der Waals surface area contributed by atoms with Gasteiger partial charge >= 0.3 is 6.09 Å². The van der Waals surface area contributed by atoms with Crippen molar-refractivity contribution in [2.24, 2.45) is 0 Å². The van der Waals surface area contributed by atoms with E-state index in [1.54, 1.807) is 6.92 Å². The summed E-state index contributed by atoms with van der Waals surface area (Å²) in [5.41, 5.74) is 7.06. The minimum absolute atomic E-state index is 0.0548. The molecule has 0 radical (unpaired) electrons. The monoisotopic (exact) mass is 756 g/mol. The number of carbonyl (C=O) groups is 3. The van der Waals surface area contributed by atoms with Crippen LogP contribution in [-0.2, 0) is 14.3 Å². The Bertz CT molecular complexity index is 2090. The van der Waals surface area contributed by atoms with E-state index in [9.17, 15) is 14.4 Å². The molecule has 2 aliphatic heterocycles. The summed E-state index contributed by atoms with van der Waals surface area (Å²) >= 11 is 0. The van der Waals surface area contributed by atoms with Crippen molar-refractivity contribution in [3.63, 3.8) is 0 Å². The molecule has 12 heteroatoms. The fourth-order valence-corrected chi connectivity index (χ4v) is 8.19. The summed E-state index contributed by atoms with van der Waals surface area (Å²) in [7, 11) is 1.50. The van der Waals surface area contributed by atoms with Crippen LogP contribution in [0.2, 0.25) is 0 Å². The summed E-state index contributed by atoms with van der Waals surface area (Å²) in [5.74, 6) is 1.66. The van der Waals surface area contributed by atoms with Crippen LogP contribution in [0.15, 0.2) is 91.3 Å². The van der Waals surface area contributed by atoms with E-state index in [0.29, 0.717) is 6.54 Å². The maximum atomic E-state index is 14.2. The van der Waals surface area contributed by atoms with Gasteiger partial charge in [0.05, 0.1) is 42.3 Å². The van der Waals surface area contributed by atoms with E-state index in [-0.39, 0.29) is 36.4 Å². The number of hydrogen-bond donors (Lipinski definition) is 3. The van der Waals surface area contributed by atoms with Crippen molar-refractivity contribution in [3.8, 4) is 33.6 Å².